The minimum Gasteiger partial charge on any atom is -0.485 e. The molecular formula is C21H22N2O4S. The highest BCUT2D eigenvalue weighted by Gasteiger charge is 2.27. The van der Waals surface area contributed by atoms with Gasteiger partial charge in [-0.15, -0.1) is 0 Å². The van der Waals surface area contributed by atoms with Crippen molar-refractivity contribution in [3.8, 4) is 11.5 Å². The molecule has 0 aliphatic carbocycles. The van der Waals surface area contributed by atoms with Crippen LogP contribution in [0.15, 0.2) is 41.4 Å². The Hall–Kier alpha value is -2.64. The van der Waals surface area contributed by atoms with Gasteiger partial charge in [0.25, 0.3) is 5.91 Å². The van der Waals surface area contributed by atoms with E-state index < -0.39 is 6.10 Å². The molecule has 1 amide bonds. The normalized spacial score (nSPS) is 16.5. The van der Waals surface area contributed by atoms with Crippen molar-refractivity contribution in [1.82, 2.24) is 4.57 Å². The minimum absolute atomic E-state index is 0.153. The van der Waals surface area contributed by atoms with Crippen LogP contribution in [0.3, 0.4) is 0 Å². The van der Waals surface area contributed by atoms with Gasteiger partial charge in [-0.2, -0.15) is 4.99 Å². The molecule has 0 unspecified atom stereocenters. The van der Waals surface area contributed by atoms with E-state index in [1.165, 1.54) is 22.5 Å². The first kappa shape index (κ1) is 18.7. The van der Waals surface area contributed by atoms with Crippen molar-refractivity contribution in [3.63, 3.8) is 0 Å². The molecular weight excluding hydrogens is 376 g/mol. The third kappa shape index (κ3) is 3.55. The van der Waals surface area contributed by atoms with E-state index in [0.717, 1.165) is 10.2 Å². The zero-order valence-corrected chi connectivity index (χ0v) is 16.9. The molecule has 1 aromatic heterocycles. The summed E-state index contributed by atoms with van der Waals surface area (Å²) < 4.78 is 19.9. The van der Waals surface area contributed by atoms with Gasteiger partial charge in [0.05, 0.1) is 16.8 Å². The van der Waals surface area contributed by atoms with Gasteiger partial charge in [0.2, 0.25) is 6.10 Å². The van der Waals surface area contributed by atoms with Crippen LogP contribution in [-0.4, -0.2) is 36.9 Å². The Kier molecular flexibility index (Phi) is 5.19. The van der Waals surface area contributed by atoms with Crippen LogP contribution in [0.25, 0.3) is 10.2 Å². The molecule has 0 bridgehead atoms. The number of para-hydroxylation sites is 2. The van der Waals surface area contributed by atoms with Gasteiger partial charge in [-0.3, -0.25) is 4.79 Å². The number of aromatic nitrogens is 1. The SMILES string of the molecule is COCCn1c(=NC(=O)[C@@H]2COc3ccccc3O2)sc2c(C)cc(C)cc21. The van der Waals surface area contributed by atoms with E-state index in [2.05, 4.69) is 31.0 Å². The maximum Gasteiger partial charge on any atom is 0.292 e. The number of hydrogen-bond acceptors (Lipinski definition) is 5. The predicted molar refractivity (Wildman–Crippen MR) is 108 cm³/mol. The van der Waals surface area contributed by atoms with Crippen molar-refractivity contribution in [1.29, 1.82) is 0 Å². The average molecular weight is 398 g/mol. The average Bonchev–Trinajstić information content (AvgIpc) is 3.03. The van der Waals surface area contributed by atoms with E-state index in [1.54, 1.807) is 13.2 Å². The molecule has 28 heavy (non-hydrogen) atoms. The number of aryl methyl sites for hydroxylation is 2. The minimum atomic E-state index is -0.751. The molecule has 0 saturated heterocycles. The van der Waals surface area contributed by atoms with E-state index in [9.17, 15) is 4.79 Å². The largest absolute Gasteiger partial charge is 0.485 e. The second-order valence-electron chi connectivity index (χ2n) is 6.77. The molecule has 6 nitrogen and oxygen atoms in total. The molecule has 7 heteroatoms. The van der Waals surface area contributed by atoms with E-state index in [-0.39, 0.29) is 12.5 Å². The summed E-state index contributed by atoms with van der Waals surface area (Å²) in [6.45, 7) is 5.46. The number of benzene rings is 2. The standard InChI is InChI=1S/C21H22N2O4S/c1-13-10-14(2)19-15(11-13)23(8-9-25-3)21(28-19)22-20(24)18-12-26-16-6-4-5-7-17(16)27-18/h4-7,10-11,18H,8-9,12H2,1-3H3/t18-/m0/s1. The first-order chi connectivity index (χ1) is 13.6. The summed E-state index contributed by atoms with van der Waals surface area (Å²) in [5.74, 6) is 0.869. The number of nitrogens with zero attached hydrogens (tertiary/aromatic N) is 2. The molecule has 0 saturated carbocycles. The van der Waals surface area contributed by atoms with Gasteiger partial charge in [-0.25, -0.2) is 0 Å². The zero-order chi connectivity index (χ0) is 19.7. The van der Waals surface area contributed by atoms with Gasteiger partial charge in [-0.05, 0) is 43.2 Å². The molecule has 146 valence electrons. The molecule has 2 aromatic carbocycles. The van der Waals surface area contributed by atoms with Gasteiger partial charge < -0.3 is 18.8 Å². The molecule has 3 aromatic rings. The lowest BCUT2D eigenvalue weighted by atomic mass is 10.1. The lowest BCUT2D eigenvalue weighted by Gasteiger charge is -2.23. The third-order valence-corrected chi connectivity index (χ3v) is 5.85. The fourth-order valence-electron chi connectivity index (χ4n) is 3.30. The fourth-order valence-corrected chi connectivity index (χ4v) is 4.42. The number of carbonyl (C=O) groups is 1. The Labute approximate surface area is 167 Å². The molecule has 0 spiro atoms. The quantitative estimate of drug-likeness (QED) is 0.677. The number of ether oxygens (including phenoxy) is 3. The molecule has 0 N–H and O–H groups in total. The van der Waals surface area contributed by atoms with Crippen LogP contribution in [0, 0.1) is 13.8 Å². The number of amides is 1. The van der Waals surface area contributed by atoms with Crippen LogP contribution in [0.4, 0.5) is 0 Å². The number of hydrogen-bond donors (Lipinski definition) is 0. The molecule has 1 atom stereocenters. The van der Waals surface area contributed by atoms with Crippen molar-refractivity contribution >= 4 is 27.5 Å². The monoisotopic (exact) mass is 398 g/mol. The first-order valence-corrected chi connectivity index (χ1v) is 9.95. The summed E-state index contributed by atoms with van der Waals surface area (Å²) >= 11 is 1.51. The van der Waals surface area contributed by atoms with Crippen molar-refractivity contribution in [3.05, 3.63) is 52.3 Å². The van der Waals surface area contributed by atoms with E-state index >= 15 is 0 Å². The van der Waals surface area contributed by atoms with Gasteiger partial charge in [0.1, 0.15) is 6.61 Å². The van der Waals surface area contributed by atoms with E-state index in [0.29, 0.717) is 29.5 Å². The zero-order valence-electron chi connectivity index (χ0n) is 16.1. The van der Waals surface area contributed by atoms with Crippen LogP contribution in [0.5, 0.6) is 11.5 Å². The molecule has 0 fully saturated rings. The van der Waals surface area contributed by atoms with E-state index in [4.69, 9.17) is 14.2 Å². The molecule has 2 heterocycles. The fraction of sp³-hybridized carbons (Fsp3) is 0.333. The van der Waals surface area contributed by atoms with Crippen LogP contribution in [-0.2, 0) is 16.1 Å². The van der Waals surface area contributed by atoms with Crippen molar-refractivity contribution in [2.75, 3.05) is 20.3 Å². The summed E-state index contributed by atoms with van der Waals surface area (Å²) in [7, 11) is 1.66. The summed E-state index contributed by atoms with van der Waals surface area (Å²) in [4.78, 5) is 17.9. The molecule has 1 aliphatic heterocycles. The van der Waals surface area contributed by atoms with Gasteiger partial charge in [0.15, 0.2) is 16.3 Å². The summed E-state index contributed by atoms with van der Waals surface area (Å²) in [5.41, 5.74) is 3.41. The first-order valence-electron chi connectivity index (χ1n) is 9.13. The van der Waals surface area contributed by atoms with E-state index in [1.807, 2.05) is 22.8 Å². The van der Waals surface area contributed by atoms with Crippen molar-refractivity contribution < 1.29 is 19.0 Å². The third-order valence-electron chi connectivity index (χ3n) is 4.62. The maximum absolute atomic E-state index is 12.8. The highest BCUT2D eigenvalue weighted by Crippen LogP contribution is 2.31. The lowest BCUT2D eigenvalue weighted by Crippen LogP contribution is -2.37. The van der Waals surface area contributed by atoms with Gasteiger partial charge in [-0.1, -0.05) is 29.5 Å². The molecule has 0 radical (unpaired) electrons. The summed E-state index contributed by atoms with van der Waals surface area (Å²) in [6, 6.07) is 11.6. The predicted octanol–water partition coefficient (Wildman–Crippen LogP) is 3.23. The number of thiazole rings is 1. The van der Waals surface area contributed by atoms with Gasteiger partial charge >= 0.3 is 0 Å². The highest BCUT2D eigenvalue weighted by molar-refractivity contribution is 7.16. The topological polar surface area (TPSA) is 62.1 Å². The Morgan fingerprint density at radius 1 is 1.29 bits per heavy atom. The Bertz CT molecular complexity index is 1100. The number of carbonyl (C=O) groups excluding carboxylic acids is 1. The van der Waals surface area contributed by atoms with Crippen LogP contribution < -0.4 is 14.3 Å². The Morgan fingerprint density at radius 2 is 2.07 bits per heavy atom. The van der Waals surface area contributed by atoms with Crippen molar-refractivity contribution in [2.24, 2.45) is 4.99 Å². The van der Waals surface area contributed by atoms with Crippen LogP contribution in [0.2, 0.25) is 0 Å². The van der Waals surface area contributed by atoms with Gasteiger partial charge in [0, 0.05) is 13.7 Å². The number of methoxy groups -OCH3 is 1. The maximum atomic E-state index is 12.8. The number of rotatable bonds is 4. The Balaban J connectivity index is 1.72. The summed E-state index contributed by atoms with van der Waals surface area (Å²) in [6.07, 6.45) is -0.751. The highest BCUT2D eigenvalue weighted by atomic mass is 32.1. The lowest BCUT2D eigenvalue weighted by molar-refractivity contribution is -0.127. The number of fused-ring (bicyclic) bond motifs is 2. The smallest absolute Gasteiger partial charge is 0.292 e. The summed E-state index contributed by atoms with van der Waals surface area (Å²) in [5, 5.41) is 0. The van der Waals surface area contributed by atoms with Crippen LogP contribution in [0.1, 0.15) is 11.1 Å². The molecule has 4 rings (SSSR count). The van der Waals surface area contributed by atoms with Crippen LogP contribution >= 0.6 is 11.3 Å². The second kappa shape index (κ2) is 7.77. The van der Waals surface area contributed by atoms with Crippen molar-refractivity contribution in [2.45, 2.75) is 26.5 Å². The molecule has 1 aliphatic rings. The second-order valence-corrected chi connectivity index (χ2v) is 7.75. The Morgan fingerprint density at radius 3 is 2.86 bits per heavy atom.